The monoisotopic (exact) mass is 267 g/mol. The van der Waals surface area contributed by atoms with Crippen LogP contribution < -0.4 is 4.90 Å². The van der Waals surface area contributed by atoms with Crippen molar-refractivity contribution in [1.29, 1.82) is 0 Å². The summed E-state index contributed by atoms with van der Waals surface area (Å²) in [5.74, 6) is 0. The highest BCUT2D eigenvalue weighted by molar-refractivity contribution is 9.10. The van der Waals surface area contributed by atoms with Crippen molar-refractivity contribution in [3.63, 3.8) is 0 Å². The van der Waals surface area contributed by atoms with Crippen molar-refractivity contribution in [2.45, 2.75) is 13.8 Å². The van der Waals surface area contributed by atoms with E-state index in [2.05, 4.69) is 51.8 Å². The number of imidazole rings is 1. The summed E-state index contributed by atoms with van der Waals surface area (Å²) < 4.78 is 2.87. The van der Waals surface area contributed by atoms with Crippen LogP contribution in [0.15, 0.2) is 29.3 Å². The molecule has 2 aromatic rings. The van der Waals surface area contributed by atoms with Crippen LogP contribution in [0.1, 0.15) is 13.8 Å². The molecule has 0 amide bonds. The minimum Gasteiger partial charge on any atom is -0.372 e. The van der Waals surface area contributed by atoms with Crippen molar-refractivity contribution in [3.8, 4) is 0 Å². The van der Waals surface area contributed by atoms with E-state index in [1.165, 1.54) is 5.69 Å². The average molecular weight is 268 g/mol. The molecule has 0 aromatic carbocycles. The van der Waals surface area contributed by atoms with E-state index in [0.717, 1.165) is 23.3 Å². The maximum absolute atomic E-state index is 4.21. The van der Waals surface area contributed by atoms with E-state index in [1.54, 1.807) is 0 Å². The maximum Gasteiger partial charge on any atom is 0.181 e. The number of aromatic nitrogens is 2. The number of hydrogen-bond acceptors (Lipinski definition) is 2. The number of rotatable bonds is 3. The zero-order valence-electron chi connectivity index (χ0n) is 8.94. The van der Waals surface area contributed by atoms with Crippen LogP contribution in [0.3, 0.4) is 0 Å². The van der Waals surface area contributed by atoms with Gasteiger partial charge in [0.2, 0.25) is 0 Å². The Kier molecular flexibility index (Phi) is 2.95. The van der Waals surface area contributed by atoms with Crippen LogP contribution >= 0.6 is 15.9 Å². The highest BCUT2D eigenvalue weighted by Gasteiger charge is 2.04. The Morgan fingerprint density at radius 3 is 2.80 bits per heavy atom. The fourth-order valence-electron chi connectivity index (χ4n) is 1.74. The van der Waals surface area contributed by atoms with Gasteiger partial charge in [-0.3, -0.25) is 4.40 Å². The normalized spacial score (nSPS) is 10.9. The van der Waals surface area contributed by atoms with Gasteiger partial charge in [-0.05, 0) is 41.9 Å². The predicted octanol–water partition coefficient (Wildman–Crippen LogP) is 2.94. The first kappa shape index (κ1) is 10.5. The Balaban J connectivity index is 2.46. The first-order valence-electron chi connectivity index (χ1n) is 5.13. The SMILES string of the molecule is CCN(CC)c1ccn2c(Br)ncc2c1. The molecule has 4 heteroatoms. The molecule has 0 radical (unpaired) electrons. The quantitative estimate of drug-likeness (QED) is 0.853. The van der Waals surface area contributed by atoms with Gasteiger partial charge in [-0.25, -0.2) is 4.98 Å². The number of anilines is 1. The van der Waals surface area contributed by atoms with Crippen LogP contribution in [-0.2, 0) is 0 Å². The van der Waals surface area contributed by atoms with Gasteiger partial charge in [-0.2, -0.15) is 0 Å². The van der Waals surface area contributed by atoms with Crippen molar-refractivity contribution in [2.75, 3.05) is 18.0 Å². The molecule has 0 aliphatic rings. The van der Waals surface area contributed by atoms with Gasteiger partial charge in [0.25, 0.3) is 0 Å². The highest BCUT2D eigenvalue weighted by Crippen LogP contribution is 2.19. The number of halogens is 1. The standard InChI is InChI=1S/C11H14BrN3/c1-3-14(4-2)9-5-6-15-10(7-9)8-13-11(15)12/h5-8H,3-4H2,1-2H3. The molecule has 0 aliphatic carbocycles. The Labute approximate surface area is 97.9 Å². The summed E-state index contributed by atoms with van der Waals surface area (Å²) in [5, 5.41) is 0. The van der Waals surface area contributed by atoms with Crippen LogP contribution in [0, 0.1) is 0 Å². The lowest BCUT2D eigenvalue weighted by molar-refractivity contribution is 0.864. The largest absolute Gasteiger partial charge is 0.372 e. The summed E-state index contributed by atoms with van der Waals surface area (Å²) in [6.45, 7) is 6.39. The third-order valence-electron chi connectivity index (χ3n) is 2.60. The maximum atomic E-state index is 4.21. The molecule has 3 nitrogen and oxygen atoms in total. The lowest BCUT2D eigenvalue weighted by Crippen LogP contribution is -2.21. The summed E-state index contributed by atoms with van der Waals surface area (Å²) in [6, 6.07) is 4.28. The average Bonchev–Trinajstić information content (AvgIpc) is 2.62. The van der Waals surface area contributed by atoms with Crippen molar-refractivity contribution >= 4 is 27.1 Å². The fourth-order valence-corrected chi connectivity index (χ4v) is 2.17. The van der Waals surface area contributed by atoms with Gasteiger partial charge in [0.1, 0.15) is 0 Å². The van der Waals surface area contributed by atoms with Crippen molar-refractivity contribution in [2.24, 2.45) is 0 Å². The Morgan fingerprint density at radius 2 is 2.13 bits per heavy atom. The molecule has 0 N–H and O–H groups in total. The van der Waals surface area contributed by atoms with Crippen LogP contribution in [0.25, 0.3) is 5.52 Å². The van der Waals surface area contributed by atoms with Crippen molar-refractivity contribution < 1.29 is 0 Å². The Hall–Kier alpha value is -1.03. The molecule has 0 bridgehead atoms. The number of nitrogens with zero attached hydrogens (tertiary/aromatic N) is 3. The van der Waals surface area contributed by atoms with Gasteiger partial charge in [0, 0.05) is 25.0 Å². The molecule has 0 atom stereocenters. The summed E-state index contributed by atoms with van der Waals surface area (Å²) in [4.78, 5) is 6.53. The van der Waals surface area contributed by atoms with E-state index in [-0.39, 0.29) is 0 Å². The number of hydrogen-bond donors (Lipinski definition) is 0. The van der Waals surface area contributed by atoms with Crippen molar-refractivity contribution in [1.82, 2.24) is 9.38 Å². The second-order valence-electron chi connectivity index (χ2n) is 3.38. The molecule has 2 heterocycles. The summed E-state index contributed by atoms with van der Waals surface area (Å²) >= 11 is 3.40. The minimum absolute atomic E-state index is 0.851. The van der Waals surface area contributed by atoms with E-state index in [1.807, 2.05) is 16.8 Å². The molecular weight excluding hydrogens is 254 g/mol. The summed E-state index contributed by atoms with van der Waals surface area (Å²) in [5.41, 5.74) is 2.37. The first-order chi connectivity index (χ1) is 7.26. The first-order valence-corrected chi connectivity index (χ1v) is 5.93. The molecule has 2 rings (SSSR count). The zero-order chi connectivity index (χ0) is 10.8. The molecule has 2 aromatic heterocycles. The second-order valence-corrected chi connectivity index (χ2v) is 4.09. The topological polar surface area (TPSA) is 20.5 Å². The van der Waals surface area contributed by atoms with E-state index in [9.17, 15) is 0 Å². The zero-order valence-corrected chi connectivity index (χ0v) is 10.5. The van der Waals surface area contributed by atoms with Gasteiger partial charge < -0.3 is 4.90 Å². The van der Waals surface area contributed by atoms with E-state index in [0.29, 0.717) is 0 Å². The van der Waals surface area contributed by atoms with Crippen LogP contribution in [0.4, 0.5) is 5.69 Å². The molecule has 0 spiro atoms. The summed E-state index contributed by atoms with van der Waals surface area (Å²) in [7, 11) is 0. The molecule has 0 aliphatic heterocycles. The van der Waals surface area contributed by atoms with E-state index in [4.69, 9.17) is 0 Å². The smallest absolute Gasteiger partial charge is 0.181 e. The summed E-state index contributed by atoms with van der Waals surface area (Å²) in [6.07, 6.45) is 3.91. The minimum atomic E-state index is 0.851. The van der Waals surface area contributed by atoms with Gasteiger partial charge in [0.05, 0.1) is 11.7 Å². The lowest BCUT2D eigenvalue weighted by Gasteiger charge is -2.20. The van der Waals surface area contributed by atoms with Gasteiger partial charge in [0.15, 0.2) is 4.73 Å². The Morgan fingerprint density at radius 1 is 1.40 bits per heavy atom. The van der Waals surface area contributed by atoms with Crippen LogP contribution in [0.2, 0.25) is 0 Å². The van der Waals surface area contributed by atoms with Gasteiger partial charge in [-0.1, -0.05) is 0 Å². The molecule has 0 unspecified atom stereocenters. The second kappa shape index (κ2) is 4.23. The molecule has 15 heavy (non-hydrogen) atoms. The highest BCUT2D eigenvalue weighted by atomic mass is 79.9. The molecule has 0 saturated carbocycles. The Bertz CT molecular complexity index is 460. The number of pyridine rings is 1. The van der Waals surface area contributed by atoms with E-state index >= 15 is 0 Å². The molecular formula is C11H14BrN3. The van der Waals surface area contributed by atoms with Crippen molar-refractivity contribution in [3.05, 3.63) is 29.3 Å². The van der Waals surface area contributed by atoms with Gasteiger partial charge in [-0.15, -0.1) is 0 Å². The van der Waals surface area contributed by atoms with Gasteiger partial charge >= 0.3 is 0 Å². The fraction of sp³-hybridized carbons (Fsp3) is 0.364. The van der Waals surface area contributed by atoms with Crippen LogP contribution in [0.5, 0.6) is 0 Å². The number of fused-ring (bicyclic) bond motifs is 1. The molecule has 0 fully saturated rings. The lowest BCUT2D eigenvalue weighted by atomic mass is 10.3. The predicted molar refractivity (Wildman–Crippen MR) is 66.5 cm³/mol. The third kappa shape index (κ3) is 1.86. The molecule has 80 valence electrons. The third-order valence-corrected chi connectivity index (χ3v) is 3.19. The van der Waals surface area contributed by atoms with E-state index < -0.39 is 0 Å². The van der Waals surface area contributed by atoms with Crippen LogP contribution in [-0.4, -0.2) is 22.5 Å². The molecule has 0 saturated heterocycles.